The predicted molar refractivity (Wildman–Crippen MR) is 62.0 cm³/mol. The molecule has 1 rings (SSSR count). The van der Waals surface area contributed by atoms with Crippen LogP contribution in [0.4, 0.5) is 4.70 Å². The first kappa shape index (κ1) is 15.2. The molecule has 1 N–H and O–H groups in total. The number of carbonyl (C=O) groups excluding carboxylic acids is 2. The van der Waals surface area contributed by atoms with Gasteiger partial charge in [0, 0.05) is 7.47 Å². The zero-order valence-electron chi connectivity index (χ0n) is 9.76. The molecule has 0 aliphatic heterocycles. The Labute approximate surface area is 100 Å². The largest absolute Gasteiger partial charge is 0.465 e. The summed E-state index contributed by atoms with van der Waals surface area (Å²) in [7, 11) is 2.43. The Kier molecular flexibility index (Phi) is 6.62. The number of methoxy groups -OCH3 is 2. The number of carbonyl (C=O) groups is 2. The van der Waals surface area contributed by atoms with Crippen molar-refractivity contribution in [3.63, 3.8) is 0 Å². The average molecular weight is 247 g/mol. The summed E-state index contributed by atoms with van der Waals surface area (Å²) in [5.41, 5.74) is -0.126. The molecule has 98 valence electrons. The Hall–Kier alpha value is -1.85. The van der Waals surface area contributed by atoms with Gasteiger partial charge in [0.25, 0.3) is 0 Å². The van der Waals surface area contributed by atoms with E-state index in [2.05, 4.69) is 14.8 Å². The Morgan fingerprint density at radius 2 is 1.76 bits per heavy atom. The summed E-state index contributed by atoms with van der Waals surface area (Å²) >= 11 is 0. The number of rotatable bonds is 5. The Morgan fingerprint density at radius 1 is 1.24 bits per heavy atom. The second kappa shape index (κ2) is 7.43. The minimum Gasteiger partial charge on any atom is -0.465 e. The van der Waals surface area contributed by atoms with Crippen LogP contribution in [0.1, 0.15) is 14.3 Å². The lowest BCUT2D eigenvalue weighted by Gasteiger charge is -2.01. The van der Waals surface area contributed by atoms with Gasteiger partial charge >= 0.3 is 11.9 Å². The van der Waals surface area contributed by atoms with Gasteiger partial charge < -0.3 is 14.8 Å². The third-order valence-electron chi connectivity index (χ3n) is 2.08. The fourth-order valence-electron chi connectivity index (χ4n) is 1.03. The van der Waals surface area contributed by atoms with Crippen LogP contribution >= 0.6 is 0 Å². The number of allylic oxidation sites excluding steroid dienone is 2. The molecule has 0 radical (unpaired) electrons. The van der Waals surface area contributed by atoms with Crippen LogP contribution in [0.3, 0.4) is 0 Å². The molecular formula is C11H18FNO4. The molecule has 0 aromatic carbocycles. The zero-order chi connectivity index (χ0) is 12.0. The molecule has 0 aromatic rings. The molecule has 0 heterocycles. The first-order valence-corrected chi connectivity index (χ1v) is 4.98. The van der Waals surface area contributed by atoms with E-state index in [-0.39, 0.29) is 11.7 Å². The van der Waals surface area contributed by atoms with Crippen LogP contribution in [0.25, 0.3) is 0 Å². The third-order valence-corrected chi connectivity index (χ3v) is 2.08. The Balaban J connectivity index is 0. The number of hydrogen-bond acceptors (Lipinski definition) is 5. The summed E-state index contributed by atoms with van der Waals surface area (Å²) in [5, 5.41) is 3.10. The first-order chi connectivity index (χ1) is 7.69. The van der Waals surface area contributed by atoms with Gasteiger partial charge in [0.15, 0.2) is 0 Å². The summed E-state index contributed by atoms with van der Waals surface area (Å²) in [5.74, 6) is -1.41. The van der Waals surface area contributed by atoms with E-state index in [4.69, 9.17) is 0 Å². The van der Waals surface area contributed by atoms with Crippen LogP contribution in [-0.2, 0) is 19.1 Å². The van der Waals surface area contributed by atoms with E-state index in [1.54, 1.807) is 12.3 Å². The summed E-state index contributed by atoms with van der Waals surface area (Å²) in [6.45, 7) is 0. The van der Waals surface area contributed by atoms with Crippen LogP contribution in [-0.4, -0.2) is 32.2 Å². The first-order valence-electron chi connectivity index (χ1n) is 4.98. The smallest absolute Gasteiger partial charge is 0.345 e. The zero-order valence-corrected chi connectivity index (χ0v) is 9.76. The van der Waals surface area contributed by atoms with Crippen LogP contribution in [0.2, 0.25) is 0 Å². The molecule has 6 heteroatoms. The summed E-state index contributed by atoms with van der Waals surface area (Å²) < 4.78 is 8.93. The molecule has 5 nitrogen and oxygen atoms in total. The van der Waals surface area contributed by atoms with Crippen LogP contribution < -0.4 is 5.32 Å². The molecule has 0 aromatic heterocycles. The lowest BCUT2D eigenvalue weighted by Crippen LogP contribution is -2.15. The molecule has 1 aliphatic carbocycles. The van der Waals surface area contributed by atoms with Crippen molar-refractivity contribution in [1.29, 1.82) is 0 Å². The van der Waals surface area contributed by atoms with Crippen molar-refractivity contribution in [2.24, 2.45) is 0 Å². The predicted octanol–water partition coefficient (Wildman–Crippen LogP) is 0.923. The average Bonchev–Trinajstić information content (AvgIpc) is 3.11. The van der Waals surface area contributed by atoms with Crippen LogP contribution in [0.5, 0.6) is 0 Å². The molecule has 17 heavy (non-hydrogen) atoms. The maximum Gasteiger partial charge on any atom is 0.345 e. The highest BCUT2D eigenvalue weighted by Crippen LogP contribution is 2.18. The normalized spacial score (nSPS) is 13.5. The molecular weight excluding hydrogens is 229 g/mol. The molecule has 1 aliphatic rings. The molecule has 0 saturated heterocycles. The molecule has 1 saturated carbocycles. The van der Waals surface area contributed by atoms with E-state index in [1.165, 1.54) is 20.3 Å². The van der Waals surface area contributed by atoms with Crippen LogP contribution in [0, 0.1) is 0 Å². The Bertz CT molecular complexity index is 322. The van der Waals surface area contributed by atoms with Gasteiger partial charge in [-0.3, -0.25) is 4.70 Å². The van der Waals surface area contributed by atoms with Crippen molar-refractivity contribution < 1.29 is 25.2 Å². The number of nitrogens with one attached hydrogen (secondary N) is 1. The second-order valence-corrected chi connectivity index (χ2v) is 3.36. The topological polar surface area (TPSA) is 64.6 Å². The quantitative estimate of drug-likeness (QED) is 0.257. The van der Waals surface area contributed by atoms with Crippen LogP contribution in [0.15, 0.2) is 23.9 Å². The maximum atomic E-state index is 11.2. The third kappa shape index (κ3) is 5.14. The van der Waals surface area contributed by atoms with Gasteiger partial charge in [-0.05, 0) is 31.2 Å². The number of hydrogen-bond donors (Lipinski definition) is 1. The molecule has 0 atom stereocenters. The fraction of sp³-hybridized carbons (Fsp3) is 0.455. The van der Waals surface area contributed by atoms with E-state index in [0.29, 0.717) is 6.04 Å². The molecule has 1 fully saturated rings. The van der Waals surface area contributed by atoms with E-state index in [9.17, 15) is 9.59 Å². The summed E-state index contributed by atoms with van der Waals surface area (Å²) in [6, 6.07) is 0.532. The maximum absolute atomic E-state index is 11.2. The van der Waals surface area contributed by atoms with Crippen molar-refractivity contribution >= 4 is 11.9 Å². The van der Waals surface area contributed by atoms with Gasteiger partial charge in [-0.1, -0.05) is 0 Å². The molecule has 0 unspecified atom stereocenters. The SMILES string of the molecule is COC(=O)C(=C/C=C/NC1CC1)C(=O)OC.F.[HH]. The standard InChI is InChI=1S/C11H15NO4.FH.H2/c1-15-10(13)9(11(14)16-2)4-3-7-12-8-5-6-8;;/h3-4,7-8,12H,5-6H2,1-2H3;2*1H/b7-3+;;. The number of ether oxygens (including phenoxy) is 2. The van der Waals surface area contributed by atoms with E-state index >= 15 is 0 Å². The second-order valence-electron chi connectivity index (χ2n) is 3.36. The van der Waals surface area contributed by atoms with Gasteiger partial charge in [0.2, 0.25) is 0 Å². The van der Waals surface area contributed by atoms with Gasteiger partial charge in [0.05, 0.1) is 14.2 Å². The molecule has 0 amide bonds. The lowest BCUT2D eigenvalue weighted by atomic mass is 10.2. The van der Waals surface area contributed by atoms with E-state index in [0.717, 1.165) is 12.8 Å². The van der Waals surface area contributed by atoms with Gasteiger partial charge in [0.1, 0.15) is 5.57 Å². The fourth-order valence-corrected chi connectivity index (χ4v) is 1.03. The van der Waals surface area contributed by atoms with Crippen molar-refractivity contribution in [1.82, 2.24) is 5.32 Å². The highest BCUT2D eigenvalue weighted by Gasteiger charge is 2.19. The van der Waals surface area contributed by atoms with Crippen molar-refractivity contribution in [3.05, 3.63) is 23.9 Å². The minimum absolute atomic E-state index is 0. The van der Waals surface area contributed by atoms with E-state index < -0.39 is 11.9 Å². The van der Waals surface area contributed by atoms with Crippen molar-refractivity contribution in [2.45, 2.75) is 18.9 Å². The molecule has 0 spiro atoms. The highest BCUT2D eigenvalue weighted by molar-refractivity contribution is 6.14. The van der Waals surface area contributed by atoms with Gasteiger partial charge in [-0.15, -0.1) is 0 Å². The molecule has 0 bridgehead atoms. The Morgan fingerprint density at radius 3 is 2.18 bits per heavy atom. The monoisotopic (exact) mass is 247 g/mol. The summed E-state index contributed by atoms with van der Waals surface area (Å²) in [4.78, 5) is 22.4. The number of halogens is 1. The minimum atomic E-state index is -0.706. The van der Waals surface area contributed by atoms with Gasteiger partial charge in [-0.25, -0.2) is 9.59 Å². The highest BCUT2D eigenvalue weighted by atomic mass is 19.0. The summed E-state index contributed by atoms with van der Waals surface area (Å²) in [6.07, 6.45) is 6.97. The lowest BCUT2D eigenvalue weighted by molar-refractivity contribution is -0.144. The number of esters is 2. The van der Waals surface area contributed by atoms with Crippen molar-refractivity contribution in [3.8, 4) is 0 Å². The van der Waals surface area contributed by atoms with Gasteiger partial charge in [-0.2, -0.15) is 0 Å². The van der Waals surface area contributed by atoms with Crippen molar-refractivity contribution in [2.75, 3.05) is 14.2 Å². The van der Waals surface area contributed by atoms with E-state index in [1.807, 2.05) is 0 Å².